The maximum atomic E-state index is 13.3. The zero-order valence-corrected chi connectivity index (χ0v) is 20.0. The van der Waals surface area contributed by atoms with E-state index in [1.165, 1.54) is 6.07 Å². The summed E-state index contributed by atoms with van der Waals surface area (Å²) < 4.78 is 64.6. The lowest BCUT2D eigenvalue weighted by Gasteiger charge is -2.40. The quantitative estimate of drug-likeness (QED) is 0.599. The summed E-state index contributed by atoms with van der Waals surface area (Å²) in [5.41, 5.74) is -1.04. The summed E-state index contributed by atoms with van der Waals surface area (Å²) in [4.78, 5) is 1.82. The number of halogens is 3. The third-order valence-electron chi connectivity index (χ3n) is 5.97. The highest BCUT2D eigenvalue weighted by atomic mass is 32.2. The van der Waals surface area contributed by atoms with Crippen molar-refractivity contribution >= 4 is 26.3 Å². The van der Waals surface area contributed by atoms with Crippen LogP contribution in [0.4, 0.5) is 18.3 Å². The first kappa shape index (κ1) is 24.0. The van der Waals surface area contributed by atoms with Crippen molar-refractivity contribution < 1.29 is 21.6 Å². The average molecular weight is 476 g/mol. The maximum Gasteiger partial charge on any atom is 0.416 e. The van der Waals surface area contributed by atoms with Gasteiger partial charge >= 0.3 is 6.18 Å². The first-order valence-corrected chi connectivity index (χ1v) is 12.4. The molecule has 0 saturated carbocycles. The van der Waals surface area contributed by atoms with Gasteiger partial charge in [-0.2, -0.15) is 13.2 Å². The molecule has 0 atom stereocenters. The Morgan fingerprint density at radius 1 is 1.03 bits per heavy atom. The molecule has 0 unspecified atom stereocenters. The van der Waals surface area contributed by atoms with Crippen LogP contribution in [0.15, 0.2) is 29.2 Å². The van der Waals surface area contributed by atoms with Crippen molar-refractivity contribution in [2.75, 3.05) is 18.0 Å². The van der Waals surface area contributed by atoms with Crippen LogP contribution in [0.3, 0.4) is 0 Å². The second kappa shape index (κ2) is 8.03. The molecule has 0 bridgehead atoms. The van der Waals surface area contributed by atoms with Crippen LogP contribution < -0.4 is 4.90 Å². The lowest BCUT2D eigenvalue weighted by Crippen LogP contribution is -2.46. The van der Waals surface area contributed by atoms with E-state index in [1.54, 1.807) is 25.2 Å². The van der Waals surface area contributed by atoms with Gasteiger partial charge in [-0.1, -0.05) is 38.2 Å². The lowest BCUT2D eigenvalue weighted by atomic mass is 9.86. The number of hydrogen-bond acceptors (Lipinski definition) is 6. The SMILES string of the molecule is CC(C)(C)c1nnc(N2CCC(C(C)(C)S(=O)(=O)c3cccc(C(F)(F)F)c3)CC2)s1. The molecule has 0 amide bonds. The summed E-state index contributed by atoms with van der Waals surface area (Å²) in [6, 6.07) is 4.02. The summed E-state index contributed by atoms with van der Waals surface area (Å²) >= 11 is 1.54. The highest BCUT2D eigenvalue weighted by Gasteiger charge is 2.44. The van der Waals surface area contributed by atoms with Crippen LogP contribution in [0.2, 0.25) is 0 Å². The molecule has 1 saturated heterocycles. The molecule has 0 spiro atoms. The van der Waals surface area contributed by atoms with Crippen LogP contribution in [0.1, 0.15) is 58.0 Å². The number of nitrogens with zero attached hydrogens (tertiary/aromatic N) is 3. The van der Waals surface area contributed by atoms with E-state index in [9.17, 15) is 21.6 Å². The number of rotatable bonds is 4. The molecule has 0 radical (unpaired) electrons. The van der Waals surface area contributed by atoms with E-state index < -0.39 is 26.3 Å². The molecular formula is C21H28F3N3O2S2. The summed E-state index contributed by atoms with van der Waals surface area (Å²) in [5.74, 6) is -0.182. The predicted molar refractivity (Wildman–Crippen MR) is 116 cm³/mol. The maximum absolute atomic E-state index is 13.3. The van der Waals surface area contributed by atoms with Crippen molar-refractivity contribution in [3.8, 4) is 0 Å². The minimum absolute atomic E-state index is 0.0880. The standard InChI is InChI=1S/C21H28F3N3O2S2/c1-19(2,3)17-25-26-18(30-17)27-11-9-14(10-12-27)20(4,5)31(28,29)16-8-6-7-15(13-16)21(22,23)24/h6-8,13-14H,9-12H2,1-5H3. The summed E-state index contributed by atoms with van der Waals surface area (Å²) in [6.45, 7) is 10.7. The van der Waals surface area contributed by atoms with Gasteiger partial charge in [0.2, 0.25) is 5.13 Å². The van der Waals surface area contributed by atoms with Crippen molar-refractivity contribution in [3.05, 3.63) is 34.8 Å². The molecule has 172 valence electrons. The summed E-state index contributed by atoms with van der Waals surface area (Å²) in [5, 5.41) is 10.3. The Labute approximate surface area is 185 Å². The Balaban J connectivity index is 1.77. The zero-order valence-electron chi connectivity index (χ0n) is 18.3. The molecule has 31 heavy (non-hydrogen) atoms. The number of hydrogen-bond donors (Lipinski definition) is 0. The van der Waals surface area contributed by atoms with E-state index in [0.29, 0.717) is 25.9 Å². The number of alkyl halides is 3. The van der Waals surface area contributed by atoms with Crippen LogP contribution in [0.25, 0.3) is 0 Å². The van der Waals surface area contributed by atoms with E-state index in [2.05, 4.69) is 35.9 Å². The highest BCUT2D eigenvalue weighted by molar-refractivity contribution is 7.92. The van der Waals surface area contributed by atoms with Gasteiger partial charge in [0.1, 0.15) is 5.01 Å². The number of benzene rings is 1. The van der Waals surface area contributed by atoms with Crippen LogP contribution in [-0.2, 0) is 21.4 Å². The molecule has 5 nitrogen and oxygen atoms in total. The largest absolute Gasteiger partial charge is 0.416 e. The molecule has 2 aromatic rings. The van der Waals surface area contributed by atoms with Gasteiger partial charge in [0.05, 0.1) is 15.2 Å². The third kappa shape index (κ3) is 4.74. The van der Waals surface area contributed by atoms with Crippen LogP contribution in [0.5, 0.6) is 0 Å². The minimum Gasteiger partial charge on any atom is -0.347 e. The predicted octanol–water partition coefficient (Wildman–Crippen LogP) is 5.32. The van der Waals surface area contributed by atoms with E-state index >= 15 is 0 Å². The first-order valence-electron chi connectivity index (χ1n) is 10.1. The molecule has 1 aromatic heterocycles. The number of piperidine rings is 1. The first-order chi connectivity index (χ1) is 14.1. The lowest BCUT2D eigenvalue weighted by molar-refractivity contribution is -0.137. The van der Waals surface area contributed by atoms with Gasteiger partial charge in [0.15, 0.2) is 9.84 Å². The topological polar surface area (TPSA) is 63.2 Å². The number of sulfone groups is 1. The fraction of sp³-hybridized carbons (Fsp3) is 0.619. The Morgan fingerprint density at radius 3 is 2.16 bits per heavy atom. The van der Waals surface area contributed by atoms with Crippen LogP contribution >= 0.6 is 11.3 Å². The average Bonchev–Trinajstić information content (AvgIpc) is 3.18. The van der Waals surface area contributed by atoms with Crippen LogP contribution in [0, 0.1) is 5.92 Å². The summed E-state index contributed by atoms with van der Waals surface area (Å²) in [6.07, 6.45) is -3.38. The molecule has 1 aromatic carbocycles. The molecule has 3 rings (SSSR count). The van der Waals surface area contributed by atoms with E-state index in [0.717, 1.165) is 28.3 Å². The van der Waals surface area contributed by atoms with Gasteiger partial charge in [-0.3, -0.25) is 0 Å². The monoisotopic (exact) mass is 475 g/mol. The van der Waals surface area contributed by atoms with Gasteiger partial charge in [-0.15, -0.1) is 10.2 Å². The normalized spacial score (nSPS) is 17.2. The Morgan fingerprint density at radius 2 is 1.65 bits per heavy atom. The fourth-order valence-corrected chi connectivity index (χ4v) is 6.55. The second-order valence-corrected chi connectivity index (χ2v) is 13.0. The van der Waals surface area contributed by atoms with Crippen molar-refractivity contribution in [3.63, 3.8) is 0 Å². The highest BCUT2D eigenvalue weighted by Crippen LogP contribution is 2.40. The van der Waals surface area contributed by atoms with E-state index in [-0.39, 0.29) is 16.2 Å². The molecule has 0 aliphatic carbocycles. The van der Waals surface area contributed by atoms with Gasteiger partial charge in [-0.25, -0.2) is 8.42 Å². The van der Waals surface area contributed by atoms with E-state index in [4.69, 9.17) is 0 Å². The molecule has 1 aliphatic heterocycles. The van der Waals surface area contributed by atoms with Gasteiger partial charge in [0.25, 0.3) is 0 Å². The minimum atomic E-state index is -4.59. The van der Waals surface area contributed by atoms with Crippen LogP contribution in [-0.4, -0.2) is 36.5 Å². The Kier molecular flexibility index (Phi) is 6.21. The Bertz CT molecular complexity index is 1030. The van der Waals surface area contributed by atoms with Crippen molar-refractivity contribution in [2.24, 2.45) is 5.92 Å². The third-order valence-corrected chi connectivity index (χ3v) is 9.97. The van der Waals surface area contributed by atoms with E-state index in [1.807, 2.05) is 0 Å². The number of aromatic nitrogens is 2. The van der Waals surface area contributed by atoms with Crippen molar-refractivity contribution in [1.29, 1.82) is 0 Å². The smallest absolute Gasteiger partial charge is 0.347 e. The van der Waals surface area contributed by atoms with Gasteiger partial charge in [-0.05, 0) is 50.8 Å². The van der Waals surface area contributed by atoms with Crippen molar-refractivity contribution in [1.82, 2.24) is 10.2 Å². The molecule has 1 aliphatic rings. The molecule has 1 fully saturated rings. The van der Waals surface area contributed by atoms with Gasteiger partial charge in [0, 0.05) is 18.5 Å². The molecule has 0 N–H and O–H groups in total. The molecular weight excluding hydrogens is 447 g/mol. The fourth-order valence-electron chi connectivity index (χ4n) is 3.78. The molecule has 10 heteroatoms. The van der Waals surface area contributed by atoms with Gasteiger partial charge < -0.3 is 4.90 Å². The number of anilines is 1. The Hall–Kier alpha value is -1.68. The second-order valence-electron chi connectivity index (χ2n) is 9.53. The molecule has 2 heterocycles. The summed E-state index contributed by atoms with van der Waals surface area (Å²) in [7, 11) is -3.96. The zero-order chi connectivity index (χ0) is 23.2. The van der Waals surface area contributed by atoms with Crippen molar-refractivity contribution in [2.45, 2.75) is 68.7 Å².